The molecule has 0 radical (unpaired) electrons. The van der Waals surface area contributed by atoms with Crippen molar-refractivity contribution in [1.29, 1.82) is 0 Å². The number of hydrogen-bond acceptors (Lipinski definition) is 2. The van der Waals surface area contributed by atoms with Gasteiger partial charge in [0.1, 0.15) is 11.6 Å². The van der Waals surface area contributed by atoms with Crippen LogP contribution >= 0.6 is 0 Å². The molecule has 0 bridgehead atoms. The maximum Gasteiger partial charge on any atom is 0.140 e. The van der Waals surface area contributed by atoms with E-state index < -0.39 is 0 Å². The SMILES string of the molecule is CCC(C)CCC(C)CCCC(C)CC(=O)CC(C)=O. The van der Waals surface area contributed by atoms with E-state index in [0.29, 0.717) is 12.3 Å². The lowest BCUT2D eigenvalue weighted by Crippen LogP contribution is -2.09. The molecule has 0 aromatic carbocycles. The fraction of sp³-hybridized carbons (Fsp3) is 0.889. The Labute approximate surface area is 125 Å². The summed E-state index contributed by atoms with van der Waals surface area (Å²) in [4.78, 5) is 22.4. The highest BCUT2D eigenvalue weighted by Crippen LogP contribution is 2.21. The highest BCUT2D eigenvalue weighted by molar-refractivity contribution is 5.97. The van der Waals surface area contributed by atoms with Gasteiger partial charge in [-0.1, -0.05) is 66.2 Å². The molecule has 3 atom stereocenters. The topological polar surface area (TPSA) is 34.1 Å². The van der Waals surface area contributed by atoms with Crippen molar-refractivity contribution in [1.82, 2.24) is 0 Å². The first kappa shape index (κ1) is 19.3. The van der Waals surface area contributed by atoms with Crippen LogP contribution in [0.2, 0.25) is 0 Å². The van der Waals surface area contributed by atoms with E-state index in [-0.39, 0.29) is 18.0 Å². The van der Waals surface area contributed by atoms with Gasteiger partial charge in [0, 0.05) is 6.42 Å². The fourth-order valence-corrected chi connectivity index (χ4v) is 2.57. The van der Waals surface area contributed by atoms with Crippen LogP contribution in [0, 0.1) is 17.8 Å². The lowest BCUT2D eigenvalue weighted by molar-refractivity contribution is -0.126. The minimum absolute atomic E-state index is 0.0131. The smallest absolute Gasteiger partial charge is 0.140 e. The second-order valence-electron chi connectivity index (χ2n) is 6.85. The van der Waals surface area contributed by atoms with Crippen LogP contribution in [-0.2, 0) is 9.59 Å². The lowest BCUT2D eigenvalue weighted by Gasteiger charge is -2.15. The zero-order valence-electron chi connectivity index (χ0n) is 14.2. The van der Waals surface area contributed by atoms with E-state index in [1.54, 1.807) is 0 Å². The Morgan fingerprint density at radius 3 is 1.95 bits per heavy atom. The molecule has 0 saturated carbocycles. The summed E-state index contributed by atoms with van der Waals surface area (Å²) in [7, 11) is 0. The Hall–Kier alpha value is -0.660. The van der Waals surface area contributed by atoms with Gasteiger partial charge in [0.15, 0.2) is 0 Å². The predicted octanol–water partition coefficient (Wildman–Crippen LogP) is 5.19. The summed E-state index contributed by atoms with van der Waals surface area (Å²) in [6.07, 6.45) is 8.21. The summed E-state index contributed by atoms with van der Waals surface area (Å²) in [5.74, 6) is 2.16. The largest absolute Gasteiger partial charge is 0.300 e. The van der Waals surface area contributed by atoms with Crippen LogP contribution in [0.5, 0.6) is 0 Å². The van der Waals surface area contributed by atoms with Gasteiger partial charge in [-0.05, 0) is 24.7 Å². The highest BCUT2D eigenvalue weighted by Gasteiger charge is 2.12. The number of hydrogen-bond donors (Lipinski definition) is 0. The number of carbonyl (C=O) groups excluding carboxylic acids is 2. The van der Waals surface area contributed by atoms with E-state index in [9.17, 15) is 9.59 Å². The number of carbonyl (C=O) groups is 2. The Kier molecular flexibility index (Phi) is 10.7. The van der Waals surface area contributed by atoms with Gasteiger partial charge in [-0.3, -0.25) is 9.59 Å². The van der Waals surface area contributed by atoms with E-state index in [0.717, 1.165) is 18.3 Å². The molecule has 20 heavy (non-hydrogen) atoms. The van der Waals surface area contributed by atoms with E-state index in [1.807, 2.05) is 0 Å². The van der Waals surface area contributed by atoms with Crippen molar-refractivity contribution < 1.29 is 9.59 Å². The molecule has 0 heterocycles. The summed E-state index contributed by atoms with van der Waals surface area (Å²) in [5.41, 5.74) is 0. The molecule has 3 unspecified atom stereocenters. The minimum Gasteiger partial charge on any atom is -0.300 e. The summed E-state index contributed by atoms with van der Waals surface area (Å²) >= 11 is 0. The molecule has 0 aromatic rings. The summed E-state index contributed by atoms with van der Waals surface area (Å²) in [6, 6.07) is 0. The molecule has 0 aliphatic heterocycles. The number of ketones is 2. The zero-order chi connectivity index (χ0) is 15.5. The van der Waals surface area contributed by atoms with Gasteiger partial charge < -0.3 is 0 Å². The summed E-state index contributed by atoms with van der Waals surface area (Å²) < 4.78 is 0. The summed E-state index contributed by atoms with van der Waals surface area (Å²) in [5, 5.41) is 0. The van der Waals surface area contributed by atoms with Crippen molar-refractivity contribution in [2.24, 2.45) is 17.8 Å². The second kappa shape index (κ2) is 11.0. The molecule has 2 heteroatoms. The van der Waals surface area contributed by atoms with Crippen LogP contribution in [0.25, 0.3) is 0 Å². The van der Waals surface area contributed by atoms with E-state index in [4.69, 9.17) is 0 Å². The van der Waals surface area contributed by atoms with Crippen molar-refractivity contribution in [3.63, 3.8) is 0 Å². The van der Waals surface area contributed by atoms with Crippen molar-refractivity contribution in [3.8, 4) is 0 Å². The molecule has 0 fully saturated rings. The molecule has 0 aliphatic rings. The van der Waals surface area contributed by atoms with Gasteiger partial charge in [0.2, 0.25) is 0 Å². The molecule has 0 amide bonds. The van der Waals surface area contributed by atoms with E-state index in [1.165, 1.54) is 39.0 Å². The Morgan fingerprint density at radius 1 is 0.850 bits per heavy atom. The Bertz CT molecular complexity index is 283. The number of rotatable bonds is 12. The lowest BCUT2D eigenvalue weighted by atomic mass is 9.90. The van der Waals surface area contributed by atoms with Gasteiger partial charge in [0.05, 0.1) is 6.42 Å². The third-order valence-electron chi connectivity index (χ3n) is 4.27. The van der Waals surface area contributed by atoms with Crippen LogP contribution in [0.4, 0.5) is 0 Å². The van der Waals surface area contributed by atoms with Gasteiger partial charge in [-0.15, -0.1) is 0 Å². The van der Waals surface area contributed by atoms with Gasteiger partial charge in [-0.2, -0.15) is 0 Å². The van der Waals surface area contributed by atoms with Crippen molar-refractivity contribution in [2.45, 2.75) is 86.0 Å². The maximum atomic E-state index is 11.6. The molecule has 0 rings (SSSR count). The molecule has 0 aromatic heterocycles. The quantitative estimate of drug-likeness (QED) is 0.461. The average molecular weight is 282 g/mol. The molecular formula is C18H34O2. The third-order valence-corrected chi connectivity index (χ3v) is 4.27. The predicted molar refractivity (Wildman–Crippen MR) is 85.8 cm³/mol. The van der Waals surface area contributed by atoms with Crippen LogP contribution in [0.3, 0.4) is 0 Å². The number of Topliss-reactive ketones (excluding diaryl/α,β-unsaturated/α-hetero) is 2. The first-order valence-electron chi connectivity index (χ1n) is 8.36. The molecular weight excluding hydrogens is 248 g/mol. The first-order valence-corrected chi connectivity index (χ1v) is 8.36. The maximum absolute atomic E-state index is 11.6. The average Bonchev–Trinajstić information content (AvgIpc) is 2.34. The Morgan fingerprint density at radius 2 is 1.40 bits per heavy atom. The van der Waals surface area contributed by atoms with Gasteiger partial charge in [0.25, 0.3) is 0 Å². The zero-order valence-corrected chi connectivity index (χ0v) is 14.2. The van der Waals surface area contributed by atoms with Gasteiger partial charge >= 0.3 is 0 Å². The molecule has 0 N–H and O–H groups in total. The minimum atomic E-state index is -0.0131. The van der Waals surface area contributed by atoms with Crippen molar-refractivity contribution >= 4 is 11.6 Å². The molecule has 0 aliphatic carbocycles. The monoisotopic (exact) mass is 282 g/mol. The van der Waals surface area contributed by atoms with Crippen molar-refractivity contribution in [3.05, 3.63) is 0 Å². The molecule has 0 saturated heterocycles. The highest BCUT2D eigenvalue weighted by atomic mass is 16.1. The molecule has 118 valence electrons. The van der Waals surface area contributed by atoms with Crippen LogP contribution < -0.4 is 0 Å². The standard InChI is InChI=1S/C18H34O2/c1-6-14(2)10-11-15(3)8-7-9-16(4)12-18(20)13-17(5)19/h14-16H,6-13H2,1-5H3. The van der Waals surface area contributed by atoms with Crippen LogP contribution in [0.1, 0.15) is 86.0 Å². The summed E-state index contributed by atoms with van der Waals surface area (Å²) in [6.45, 7) is 10.5. The third kappa shape index (κ3) is 11.2. The van der Waals surface area contributed by atoms with Gasteiger partial charge in [-0.25, -0.2) is 0 Å². The Balaban J connectivity index is 3.67. The normalized spacial score (nSPS) is 15.7. The van der Waals surface area contributed by atoms with Crippen molar-refractivity contribution in [2.75, 3.05) is 0 Å². The van der Waals surface area contributed by atoms with Crippen LogP contribution in [-0.4, -0.2) is 11.6 Å². The molecule has 0 spiro atoms. The molecule has 2 nitrogen and oxygen atoms in total. The van der Waals surface area contributed by atoms with Crippen LogP contribution in [0.15, 0.2) is 0 Å². The first-order chi connectivity index (χ1) is 9.35. The van der Waals surface area contributed by atoms with E-state index in [2.05, 4.69) is 27.7 Å². The fourth-order valence-electron chi connectivity index (χ4n) is 2.57. The van der Waals surface area contributed by atoms with E-state index >= 15 is 0 Å². The second-order valence-corrected chi connectivity index (χ2v) is 6.85.